The zero-order valence-corrected chi connectivity index (χ0v) is 15.1. The average molecular weight is 340 g/mol. The zero-order valence-electron chi connectivity index (χ0n) is 14.3. The zero-order chi connectivity index (χ0) is 17.0. The summed E-state index contributed by atoms with van der Waals surface area (Å²) in [6.07, 6.45) is 1.75. The normalized spacial score (nSPS) is 21.0. The maximum atomic E-state index is 11.5. The van der Waals surface area contributed by atoms with Crippen molar-refractivity contribution < 1.29 is 13.5 Å². The van der Waals surface area contributed by atoms with Crippen molar-refractivity contribution in [2.45, 2.75) is 37.3 Å². The first-order chi connectivity index (χ1) is 10.8. The van der Waals surface area contributed by atoms with Crippen molar-refractivity contribution >= 4 is 9.84 Å². The number of aliphatic hydroxyl groups is 1. The summed E-state index contributed by atoms with van der Waals surface area (Å²) in [5.74, 6) is 0. The molecule has 1 saturated heterocycles. The molecule has 1 aliphatic rings. The molecule has 1 aromatic rings. The van der Waals surface area contributed by atoms with Gasteiger partial charge in [0.2, 0.25) is 0 Å². The Morgan fingerprint density at radius 1 is 1.26 bits per heavy atom. The molecule has 2 rings (SSSR count). The molecule has 23 heavy (non-hydrogen) atoms. The van der Waals surface area contributed by atoms with Crippen LogP contribution in [-0.2, 0) is 9.84 Å². The number of sulfone groups is 1. The number of likely N-dealkylation sites (tertiary alicyclic amines) is 1. The third-order valence-electron chi connectivity index (χ3n) is 4.70. The van der Waals surface area contributed by atoms with Crippen molar-refractivity contribution in [3.8, 4) is 0 Å². The van der Waals surface area contributed by atoms with Crippen LogP contribution in [0.1, 0.15) is 31.9 Å². The summed E-state index contributed by atoms with van der Waals surface area (Å²) in [5, 5.41) is 10.4. The van der Waals surface area contributed by atoms with Crippen LogP contribution in [0.4, 0.5) is 0 Å². The molecule has 0 aromatic heterocycles. The Kier molecular flexibility index (Phi) is 6.19. The SMILES string of the molecule is CCN(CC)C1CCN(CC(O)c2ccc(S(C)(=O)=O)cc2)C1. The maximum absolute atomic E-state index is 11.5. The lowest BCUT2D eigenvalue weighted by Gasteiger charge is -2.26. The van der Waals surface area contributed by atoms with Crippen LogP contribution >= 0.6 is 0 Å². The second-order valence-electron chi connectivity index (χ2n) is 6.28. The molecule has 1 N–H and O–H groups in total. The highest BCUT2D eigenvalue weighted by Crippen LogP contribution is 2.21. The van der Waals surface area contributed by atoms with Crippen LogP contribution < -0.4 is 0 Å². The fourth-order valence-corrected chi connectivity index (χ4v) is 3.93. The summed E-state index contributed by atoms with van der Waals surface area (Å²) in [7, 11) is -3.19. The Hall–Kier alpha value is -0.950. The van der Waals surface area contributed by atoms with E-state index in [2.05, 4.69) is 23.6 Å². The molecule has 6 heteroatoms. The molecular weight excluding hydrogens is 312 g/mol. The molecule has 0 bridgehead atoms. The Morgan fingerprint density at radius 2 is 1.87 bits per heavy atom. The van der Waals surface area contributed by atoms with Gasteiger partial charge in [-0.1, -0.05) is 26.0 Å². The molecule has 1 aliphatic heterocycles. The van der Waals surface area contributed by atoms with Crippen molar-refractivity contribution in [2.24, 2.45) is 0 Å². The minimum atomic E-state index is -3.19. The summed E-state index contributed by atoms with van der Waals surface area (Å²) in [4.78, 5) is 5.04. The van der Waals surface area contributed by atoms with Crippen molar-refractivity contribution in [1.29, 1.82) is 0 Å². The molecule has 0 radical (unpaired) electrons. The first-order valence-electron chi connectivity index (χ1n) is 8.29. The predicted octanol–water partition coefficient (Wildman–Crippen LogP) is 1.54. The molecule has 1 fully saturated rings. The van der Waals surface area contributed by atoms with Crippen molar-refractivity contribution in [3.63, 3.8) is 0 Å². The van der Waals surface area contributed by atoms with Crippen molar-refractivity contribution in [1.82, 2.24) is 9.80 Å². The molecule has 0 aliphatic carbocycles. The van der Waals surface area contributed by atoms with Gasteiger partial charge in [0, 0.05) is 25.4 Å². The molecule has 5 nitrogen and oxygen atoms in total. The van der Waals surface area contributed by atoms with Crippen molar-refractivity contribution in [2.75, 3.05) is 39.0 Å². The predicted molar refractivity (Wildman–Crippen MR) is 92.3 cm³/mol. The Balaban J connectivity index is 1.94. The van der Waals surface area contributed by atoms with Crippen LogP contribution in [0.3, 0.4) is 0 Å². The number of nitrogens with zero attached hydrogens (tertiary/aromatic N) is 2. The van der Waals surface area contributed by atoms with E-state index in [4.69, 9.17) is 0 Å². The first kappa shape index (κ1) is 18.4. The van der Waals surface area contributed by atoms with Gasteiger partial charge in [0.15, 0.2) is 9.84 Å². The summed E-state index contributed by atoms with van der Waals surface area (Å²) in [6, 6.07) is 7.12. The van der Waals surface area contributed by atoms with Gasteiger partial charge in [-0.15, -0.1) is 0 Å². The molecule has 130 valence electrons. The fourth-order valence-electron chi connectivity index (χ4n) is 3.30. The molecule has 0 amide bonds. The lowest BCUT2D eigenvalue weighted by molar-refractivity contribution is 0.119. The molecule has 2 atom stereocenters. The van der Waals surface area contributed by atoms with Crippen LogP contribution in [0, 0.1) is 0 Å². The third kappa shape index (κ3) is 4.76. The van der Waals surface area contributed by atoms with Crippen molar-refractivity contribution in [3.05, 3.63) is 29.8 Å². The Labute approximate surface area is 139 Å². The summed E-state index contributed by atoms with van der Waals surface area (Å²) in [6.45, 7) is 9.07. The first-order valence-corrected chi connectivity index (χ1v) is 10.2. The number of β-amino-alcohol motifs (C(OH)–C–C–N with tert-alkyl or cyclic N) is 1. The van der Waals surface area contributed by atoms with E-state index < -0.39 is 15.9 Å². The van der Waals surface area contributed by atoms with Gasteiger partial charge in [-0.25, -0.2) is 8.42 Å². The highest BCUT2D eigenvalue weighted by Gasteiger charge is 2.27. The highest BCUT2D eigenvalue weighted by atomic mass is 32.2. The molecule has 0 saturated carbocycles. The van der Waals surface area contributed by atoms with E-state index in [1.807, 2.05) is 0 Å². The third-order valence-corrected chi connectivity index (χ3v) is 5.83. The second-order valence-corrected chi connectivity index (χ2v) is 8.30. The number of hydrogen-bond acceptors (Lipinski definition) is 5. The fraction of sp³-hybridized carbons (Fsp3) is 0.647. The Morgan fingerprint density at radius 3 is 2.39 bits per heavy atom. The molecule has 1 heterocycles. The summed E-state index contributed by atoms with van der Waals surface area (Å²) >= 11 is 0. The number of likely N-dealkylation sites (N-methyl/N-ethyl adjacent to an activating group) is 1. The number of hydrogen-bond donors (Lipinski definition) is 1. The average Bonchev–Trinajstić information content (AvgIpc) is 2.96. The second kappa shape index (κ2) is 7.75. The minimum Gasteiger partial charge on any atom is -0.387 e. The topological polar surface area (TPSA) is 60.9 Å². The van der Waals surface area contributed by atoms with E-state index in [0.717, 1.165) is 38.2 Å². The monoisotopic (exact) mass is 340 g/mol. The number of aliphatic hydroxyl groups excluding tert-OH is 1. The minimum absolute atomic E-state index is 0.288. The van der Waals surface area contributed by atoms with Crippen LogP contribution in [-0.4, -0.2) is 68.3 Å². The van der Waals surface area contributed by atoms with Crippen LogP contribution in [0.2, 0.25) is 0 Å². The highest BCUT2D eigenvalue weighted by molar-refractivity contribution is 7.90. The smallest absolute Gasteiger partial charge is 0.175 e. The van der Waals surface area contributed by atoms with E-state index in [9.17, 15) is 13.5 Å². The van der Waals surface area contributed by atoms with Gasteiger partial charge in [-0.05, 0) is 43.8 Å². The standard InChI is InChI=1S/C17H28N2O3S/c1-4-19(5-2)15-10-11-18(12-15)13-17(20)14-6-8-16(9-7-14)23(3,21)22/h6-9,15,17,20H,4-5,10-13H2,1-3H3. The molecular formula is C17H28N2O3S. The van der Waals surface area contributed by atoms with E-state index >= 15 is 0 Å². The lowest BCUT2D eigenvalue weighted by Crippen LogP contribution is -2.38. The maximum Gasteiger partial charge on any atom is 0.175 e. The molecule has 1 aromatic carbocycles. The molecule has 2 unspecified atom stereocenters. The van der Waals surface area contributed by atoms with Gasteiger partial charge in [0.25, 0.3) is 0 Å². The van der Waals surface area contributed by atoms with E-state index in [1.54, 1.807) is 24.3 Å². The van der Waals surface area contributed by atoms with Gasteiger partial charge in [0.1, 0.15) is 0 Å². The number of rotatable bonds is 7. The van der Waals surface area contributed by atoms with E-state index in [-0.39, 0.29) is 4.90 Å². The quantitative estimate of drug-likeness (QED) is 0.816. The lowest BCUT2D eigenvalue weighted by atomic mass is 10.1. The van der Waals surface area contributed by atoms with Gasteiger partial charge in [-0.3, -0.25) is 9.80 Å². The van der Waals surface area contributed by atoms with Crippen LogP contribution in [0.25, 0.3) is 0 Å². The van der Waals surface area contributed by atoms with Gasteiger partial charge in [0.05, 0.1) is 11.0 Å². The van der Waals surface area contributed by atoms with Gasteiger partial charge in [-0.2, -0.15) is 0 Å². The van der Waals surface area contributed by atoms with Gasteiger partial charge < -0.3 is 5.11 Å². The van der Waals surface area contributed by atoms with Crippen LogP contribution in [0.5, 0.6) is 0 Å². The summed E-state index contributed by atoms with van der Waals surface area (Å²) < 4.78 is 22.9. The van der Waals surface area contributed by atoms with Crippen LogP contribution in [0.15, 0.2) is 29.2 Å². The molecule has 0 spiro atoms. The van der Waals surface area contributed by atoms with Gasteiger partial charge >= 0.3 is 0 Å². The summed E-state index contributed by atoms with van der Waals surface area (Å²) in [5.41, 5.74) is 0.767. The van der Waals surface area contributed by atoms with E-state index in [1.165, 1.54) is 6.26 Å². The largest absolute Gasteiger partial charge is 0.387 e. The van der Waals surface area contributed by atoms with E-state index in [0.29, 0.717) is 12.6 Å². The number of benzene rings is 1. The Bertz CT molecular complexity index is 597.